The lowest BCUT2D eigenvalue weighted by Gasteiger charge is -2.26. The van der Waals surface area contributed by atoms with Gasteiger partial charge in [-0.1, -0.05) is 12.2 Å². The highest BCUT2D eigenvalue weighted by molar-refractivity contribution is 5.87. The van der Waals surface area contributed by atoms with E-state index in [2.05, 4.69) is 6.58 Å². The number of hydrogen-bond donors (Lipinski definition) is 1. The molecule has 2 amide bonds. The molecule has 2 bridgehead atoms. The Balaban J connectivity index is 2.23. The van der Waals surface area contributed by atoms with Crippen LogP contribution in [0.5, 0.6) is 0 Å². The topological polar surface area (TPSA) is 70.1 Å². The van der Waals surface area contributed by atoms with Crippen LogP contribution in [0.1, 0.15) is 6.92 Å². The second-order valence-corrected chi connectivity index (χ2v) is 4.06. The summed E-state index contributed by atoms with van der Waals surface area (Å²) in [6.07, 6.45) is 3.30. The van der Waals surface area contributed by atoms with Gasteiger partial charge < -0.3 is 10.0 Å². The molecule has 1 saturated heterocycles. The Morgan fingerprint density at radius 3 is 3.06 bits per heavy atom. The molecule has 0 radical (unpaired) electrons. The highest BCUT2D eigenvalue weighted by Crippen LogP contribution is 2.29. The Morgan fingerprint density at radius 1 is 1.76 bits per heavy atom. The minimum absolute atomic E-state index is 0.210. The maximum atomic E-state index is 11.9. The molecule has 0 aromatic heterocycles. The van der Waals surface area contributed by atoms with Crippen molar-refractivity contribution < 1.29 is 19.5 Å². The fourth-order valence-corrected chi connectivity index (χ4v) is 2.21. The van der Waals surface area contributed by atoms with Crippen LogP contribution in [0.4, 0.5) is 4.79 Å². The highest BCUT2D eigenvalue weighted by Gasteiger charge is 2.47. The van der Waals surface area contributed by atoms with E-state index >= 15 is 0 Å². The number of hydroxylamine groups is 2. The van der Waals surface area contributed by atoms with Gasteiger partial charge in [-0.3, -0.25) is 4.84 Å². The zero-order valence-corrected chi connectivity index (χ0v) is 9.50. The van der Waals surface area contributed by atoms with Crippen LogP contribution in [-0.2, 0) is 9.63 Å². The molecule has 0 saturated carbocycles. The first-order chi connectivity index (χ1) is 8.06. The predicted molar refractivity (Wildman–Crippen MR) is 59.1 cm³/mol. The fraction of sp³-hybridized carbons (Fsp3) is 0.455. The van der Waals surface area contributed by atoms with E-state index in [1.54, 1.807) is 13.0 Å². The number of carboxylic acids is 1. The van der Waals surface area contributed by atoms with Gasteiger partial charge in [0.1, 0.15) is 0 Å². The van der Waals surface area contributed by atoms with Gasteiger partial charge in [0.05, 0.1) is 19.2 Å². The van der Waals surface area contributed by atoms with Crippen molar-refractivity contribution in [3.8, 4) is 0 Å². The van der Waals surface area contributed by atoms with Crippen molar-refractivity contribution in [1.29, 1.82) is 0 Å². The molecule has 2 heterocycles. The summed E-state index contributed by atoms with van der Waals surface area (Å²) in [5.74, 6) is -1.02. The Hall–Kier alpha value is -1.82. The van der Waals surface area contributed by atoms with Gasteiger partial charge in [0.15, 0.2) is 6.04 Å². The van der Waals surface area contributed by atoms with Crippen molar-refractivity contribution in [3.05, 3.63) is 24.3 Å². The van der Waals surface area contributed by atoms with Gasteiger partial charge in [0.2, 0.25) is 0 Å². The van der Waals surface area contributed by atoms with E-state index in [9.17, 15) is 9.59 Å². The van der Waals surface area contributed by atoms with E-state index in [4.69, 9.17) is 9.94 Å². The standard InChI is InChI=1S/C11H14N2O4/c1-3-4-17-13-8-5-7(2)9(10(14)15)12(6-8)11(13)16/h3,5,8-9H,1,4,6H2,2H3,(H,14,15). The van der Waals surface area contributed by atoms with Crippen LogP contribution in [-0.4, -0.2) is 52.3 Å². The van der Waals surface area contributed by atoms with Crippen LogP contribution in [0.25, 0.3) is 0 Å². The van der Waals surface area contributed by atoms with E-state index in [1.807, 2.05) is 0 Å². The number of carbonyl (C=O) groups is 2. The third kappa shape index (κ3) is 1.80. The van der Waals surface area contributed by atoms with Crippen molar-refractivity contribution in [2.45, 2.75) is 19.0 Å². The van der Waals surface area contributed by atoms with Crippen molar-refractivity contribution in [1.82, 2.24) is 9.96 Å². The monoisotopic (exact) mass is 238 g/mol. The summed E-state index contributed by atoms with van der Waals surface area (Å²) < 4.78 is 0. The van der Waals surface area contributed by atoms with Gasteiger partial charge in [-0.2, -0.15) is 5.06 Å². The number of carbonyl (C=O) groups excluding carboxylic acids is 1. The van der Waals surface area contributed by atoms with E-state index in [-0.39, 0.29) is 12.6 Å². The molecule has 0 aromatic carbocycles. The van der Waals surface area contributed by atoms with E-state index < -0.39 is 18.0 Å². The maximum absolute atomic E-state index is 11.9. The van der Waals surface area contributed by atoms with E-state index in [1.165, 1.54) is 16.0 Å². The summed E-state index contributed by atoms with van der Waals surface area (Å²) >= 11 is 0. The van der Waals surface area contributed by atoms with Crippen LogP contribution in [0.15, 0.2) is 24.3 Å². The number of hydrogen-bond acceptors (Lipinski definition) is 3. The average Bonchev–Trinajstić information content (AvgIpc) is 2.49. The third-order valence-corrected chi connectivity index (χ3v) is 2.88. The third-order valence-electron chi connectivity index (χ3n) is 2.88. The lowest BCUT2D eigenvalue weighted by Crippen LogP contribution is -2.45. The van der Waals surface area contributed by atoms with Crippen LogP contribution in [0, 0.1) is 0 Å². The molecule has 92 valence electrons. The van der Waals surface area contributed by atoms with Gasteiger partial charge >= 0.3 is 12.0 Å². The zero-order valence-electron chi connectivity index (χ0n) is 9.50. The second kappa shape index (κ2) is 4.21. The summed E-state index contributed by atoms with van der Waals surface area (Å²) in [6, 6.07) is -1.49. The molecule has 6 nitrogen and oxygen atoms in total. The summed E-state index contributed by atoms with van der Waals surface area (Å²) in [4.78, 5) is 29.6. The molecule has 1 N–H and O–H groups in total. The Morgan fingerprint density at radius 2 is 2.47 bits per heavy atom. The molecular formula is C11H14N2O4. The van der Waals surface area contributed by atoms with Gasteiger partial charge in [-0.05, 0) is 12.5 Å². The van der Waals surface area contributed by atoms with Crippen molar-refractivity contribution >= 4 is 12.0 Å². The molecule has 1 fully saturated rings. The molecule has 0 aliphatic carbocycles. The first kappa shape index (κ1) is 11.7. The Labute approximate surface area is 98.7 Å². The van der Waals surface area contributed by atoms with Crippen molar-refractivity contribution in [2.75, 3.05) is 13.2 Å². The Bertz CT molecular complexity index is 404. The minimum Gasteiger partial charge on any atom is -0.479 e. The van der Waals surface area contributed by atoms with Gasteiger partial charge in [0.25, 0.3) is 0 Å². The number of amides is 2. The summed E-state index contributed by atoms with van der Waals surface area (Å²) in [6.45, 7) is 5.79. The molecule has 2 aliphatic heterocycles. The van der Waals surface area contributed by atoms with Crippen LogP contribution >= 0.6 is 0 Å². The molecular weight excluding hydrogens is 224 g/mol. The summed E-state index contributed by atoms with van der Waals surface area (Å²) in [5.41, 5.74) is 0.659. The smallest absolute Gasteiger partial charge is 0.345 e. The number of fused-ring (bicyclic) bond motifs is 2. The van der Waals surface area contributed by atoms with Crippen LogP contribution in [0.3, 0.4) is 0 Å². The van der Waals surface area contributed by atoms with Gasteiger partial charge in [0, 0.05) is 0 Å². The molecule has 2 unspecified atom stereocenters. The molecule has 0 spiro atoms. The predicted octanol–water partition coefficient (Wildman–Crippen LogP) is 0.623. The molecule has 6 heteroatoms. The highest BCUT2D eigenvalue weighted by atomic mass is 16.7. The lowest BCUT2D eigenvalue weighted by atomic mass is 10.0. The second-order valence-electron chi connectivity index (χ2n) is 4.06. The van der Waals surface area contributed by atoms with Gasteiger partial charge in [-0.15, -0.1) is 6.58 Å². The SMILES string of the molecule is C=CCON1C(=O)N2CC1C=C(C)C2C(=O)O. The quantitative estimate of drug-likeness (QED) is 0.729. The summed E-state index contributed by atoms with van der Waals surface area (Å²) in [5, 5.41) is 10.3. The Kier molecular flexibility index (Phi) is 2.89. The lowest BCUT2D eigenvalue weighted by molar-refractivity contribution is -0.140. The number of nitrogens with zero attached hydrogens (tertiary/aromatic N) is 2. The van der Waals surface area contributed by atoms with Crippen LogP contribution in [0.2, 0.25) is 0 Å². The first-order valence-electron chi connectivity index (χ1n) is 5.31. The van der Waals surface area contributed by atoms with E-state index in [0.717, 1.165) is 0 Å². The molecule has 17 heavy (non-hydrogen) atoms. The number of rotatable bonds is 4. The number of urea groups is 1. The first-order valence-corrected chi connectivity index (χ1v) is 5.31. The molecule has 2 atom stereocenters. The largest absolute Gasteiger partial charge is 0.479 e. The normalized spacial score (nSPS) is 27.1. The zero-order chi connectivity index (χ0) is 12.6. The minimum atomic E-state index is -1.02. The van der Waals surface area contributed by atoms with Crippen LogP contribution < -0.4 is 0 Å². The molecule has 0 aromatic rings. The maximum Gasteiger partial charge on any atom is 0.345 e. The number of carboxylic acid groups (broad SMARTS) is 1. The van der Waals surface area contributed by atoms with Gasteiger partial charge in [-0.25, -0.2) is 9.59 Å². The van der Waals surface area contributed by atoms with Crippen molar-refractivity contribution in [2.24, 2.45) is 0 Å². The molecule has 2 rings (SSSR count). The molecule has 2 aliphatic rings. The number of aliphatic carboxylic acids is 1. The van der Waals surface area contributed by atoms with E-state index in [0.29, 0.717) is 12.1 Å². The van der Waals surface area contributed by atoms with Crippen molar-refractivity contribution in [3.63, 3.8) is 0 Å². The average molecular weight is 238 g/mol. The summed E-state index contributed by atoms with van der Waals surface area (Å²) in [7, 11) is 0. The fourth-order valence-electron chi connectivity index (χ4n) is 2.21.